The third-order valence-electron chi connectivity index (χ3n) is 3.09. The molecule has 1 unspecified atom stereocenters. The highest BCUT2D eigenvalue weighted by Gasteiger charge is 2.30. The SMILES string of the molecule is COc1ccc(Br)c(S(=O)(=O)N2CCNC(C)C2)c1.Cl. The van der Waals surface area contributed by atoms with Crippen LogP contribution in [0.15, 0.2) is 27.6 Å². The summed E-state index contributed by atoms with van der Waals surface area (Å²) >= 11 is 3.30. The topological polar surface area (TPSA) is 58.6 Å². The van der Waals surface area contributed by atoms with Gasteiger partial charge in [-0.1, -0.05) is 0 Å². The Morgan fingerprint density at radius 2 is 2.15 bits per heavy atom. The summed E-state index contributed by atoms with van der Waals surface area (Å²) in [6.07, 6.45) is 0. The second kappa shape index (κ2) is 7.09. The minimum atomic E-state index is -3.49. The zero-order chi connectivity index (χ0) is 14.0. The molecule has 1 N–H and O–H groups in total. The van der Waals surface area contributed by atoms with Crippen molar-refractivity contribution in [3.05, 3.63) is 22.7 Å². The number of piperazine rings is 1. The van der Waals surface area contributed by atoms with Crippen LogP contribution in [0.1, 0.15) is 6.92 Å². The van der Waals surface area contributed by atoms with Crippen molar-refractivity contribution in [1.82, 2.24) is 9.62 Å². The van der Waals surface area contributed by atoms with Gasteiger partial charge < -0.3 is 10.1 Å². The van der Waals surface area contributed by atoms with E-state index >= 15 is 0 Å². The molecule has 1 fully saturated rings. The average molecular weight is 386 g/mol. The molecule has 5 nitrogen and oxygen atoms in total. The Kier molecular flexibility index (Phi) is 6.27. The number of hydrogen-bond acceptors (Lipinski definition) is 4. The predicted octanol–water partition coefficient (Wildman–Crippen LogP) is 1.86. The first-order chi connectivity index (χ1) is 8.95. The second-order valence-corrected chi connectivity index (χ2v) is 7.28. The van der Waals surface area contributed by atoms with Gasteiger partial charge in [-0.25, -0.2) is 8.42 Å². The fraction of sp³-hybridized carbons (Fsp3) is 0.500. The number of rotatable bonds is 3. The van der Waals surface area contributed by atoms with Crippen molar-refractivity contribution in [3.8, 4) is 5.75 Å². The summed E-state index contributed by atoms with van der Waals surface area (Å²) in [6, 6.07) is 5.13. The molecule has 0 radical (unpaired) electrons. The van der Waals surface area contributed by atoms with E-state index in [2.05, 4.69) is 21.2 Å². The highest BCUT2D eigenvalue weighted by Crippen LogP contribution is 2.29. The van der Waals surface area contributed by atoms with E-state index in [1.54, 1.807) is 18.2 Å². The van der Waals surface area contributed by atoms with E-state index in [-0.39, 0.29) is 23.3 Å². The number of ether oxygens (including phenoxy) is 1. The summed E-state index contributed by atoms with van der Waals surface area (Å²) < 4.78 is 32.4. The predicted molar refractivity (Wildman–Crippen MR) is 84.2 cm³/mol. The molecule has 1 saturated heterocycles. The van der Waals surface area contributed by atoms with Crippen molar-refractivity contribution in [1.29, 1.82) is 0 Å². The zero-order valence-corrected chi connectivity index (χ0v) is 14.5. The summed E-state index contributed by atoms with van der Waals surface area (Å²) in [5.41, 5.74) is 0. The normalized spacial score (nSPS) is 20.2. The average Bonchev–Trinajstić information content (AvgIpc) is 2.39. The molecule has 2 rings (SSSR count). The van der Waals surface area contributed by atoms with Gasteiger partial charge in [-0.3, -0.25) is 0 Å². The fourth-order valence-corrected chi connectivity index (χ4v) is 4.53. The minimum Gasteiger partial charge on any atom is -0.497 e. The van der Waals surface area contributed by atoms with Crippen molar-refractivity contribution in [2.45, 2.75) is 17.9 Å². The van der Waals surface area contributed by atoms with Crippen molar-refractivity contribution in [3.63, 3.8) is 0 Å². The van der Waals surface area contributed by atoms with Gasteiger partial charge in [0.2, 0.25) is 10.0 Å². The van der Waals surface area contributed by atoms with E-state index < -0.39 is 10.0 Å². The standard InChI is InChI=1S/C12H17BrN2O3S.ClH/c1-9-8-15(6-5-14-9)19(16,17)12-7-10(18-2)3-4-11(12)13;/h3-4,7,9,14H,5-6,8H2,1-2H3;1H. The van der Waals surface area contributed by atoms with Crippen molar-refractivity contribution in [2.24, 2.45) is 0 Å². The lowest BCUT2D eigenvalue weighted by Crippen LogP contribution is -2.51. The van der Waals surface area contributed by atoms with Crippen LogP contribution < -0.4 is 10.1 Å². The summed E-state index contributed by atoms with van der Waals surface area (Å²) in [6.45, 7) is 3.60. The van der Waals surface area contributed by atoms with Crippen LogP contribution in [0.2, 0.25) is 0 Å². The van der Waals surface area contributed by atoms with E-state index in [1.807, 2.05) is 6.92 Å². The zero-order valence-electron chi connectivity index (χ0n) is 11.3. The lowest BCUT2D eigenvalue weighted by molar-refractivity contribution is 0.310. The van der Waals surface area contributed by atoms with E-state index in [1.165, 1.54) is 11.4 Å². The number of nitrogens with one attached hydrogen (secondary N) is 1. The van der Waals surface area contributed by atoms with Gasteiger partial charge >= 0.3 is 0 Å². The van der Waals surface area contributed by atoms with Gasteiger partial charge in [0.1, 0.15) is 10.6 Å². The van der Waals surface area contributed by atoms with E-state index in [9.17, 15) is 8.42 Å². The molecular formula is C12H18BrClN2O3S. The lowest BCUT2D eigenvalue weighted by atomic mass is 10.3. The first-order valence-corrected chi connectivity index (χ1v) is 8.25. The summed E-state index contributed by atoms with van der Waals surface area (Å²) in [7, 11) is -1.97. The lowest BCUT2D eigenvalue weighted by Gasteiger charge is -2.31. The minimum absolute atomic E-state index is 0. The molecule has 1 aliphatic heterocycles. The van der Waals surface area contributed by atoms with E-state index in [4.69, 9.17) is 4.74 Å². The van der Waals surface area contributed by atoms with Gasteiger partial charge in [0.15, 0.2) is 0 Å². The maximum absolute atomic E-state index is 12.6. The quantitative estimate of drug-likeness (QED) is 0.863. The third-order valence-corrected chi connectivity index (χ3v) is 5.95. The molecule has 8 heteroatoms. The molecule has 1 heterocycles. The van der Waals surface area contributed by atoms with Crippen LogP contribution >= 0.6 is 28.3 Å². The van der Waals surface area contributed by atoms with Gasteiger partial charge in [-0.2, -0.15) is 4.31 Å². The Hall–Kier alpha value is -0.340. The smallest absolute Gasteiger partial charge is 0.244 e. The maximum atomic E-state index is 12.6. The molecule has 0 aliphatic carbocycles. The molecule has 0 bridgehead atoms. The fourth-order valence-electron chi connectivity index (χ4n) is 2.06. The van der Waals surface area contributed by atoms with Crippen LogP contribution in [0.25, 0.3) is 0 Å². The molecule has 0 amide bonds. The largest absolute Gasteiger partial charge is 0.497 e. The number of sulfonamides is 1. The van der Waals surface area contributed by atoms with Crippen molar-refractivity contribution in [2.75, 3.05) is 26.7 Å². The van der Waals surface area contributed by atoms with Gasteiger partial charge in [-0.15, -0.1) is 12.4 Å². The first kappa shape index (κ1) is 17.7. The van der Waals surface area contributed by atoms with Crippen molar-refractivity contribution >= 4 is 38.4 Å². The van der Waals surface area contributed by atoms with E-state index in [0.717, 1.165) is 0 Å². The number of hydrogen-bond donors (Lipinski definition) is 1. The molecule has 0 spiro atoms. The van der Waals surface area contributed by atoms with Crippen LogP contribution in [-0.2, 0) is 10.0 Å². The van der Waals surface area contributed by atoms with Gasteiger partial charge in [-0.05, 0) is 35.0 Å². The Bertz CT molecular complexity index is 568. The number of benzene rings is 1. The van der Waals surface area contributed by atoms with Gasteiger partial charge in [0, 0.05) is 36.2 Å². The molecule has 20 heavy (non-hydrogen) atoms. The monoisotopic (exact) mass is 384 g/mol. The molecular weight excluding hydrogens is 368 g/mol. The molecule has 1 atom stereocenters. The highest BCUT2D eigenvalue weighted by atomic mass is 79.9. The summed E-state index contributed by atoms with van der Waals surface area (Å²) in [5, 5.41) is 3.23. The van der Waals surface area contributed by atoms with Crippen LogP contribution in [0, 0.1) is 0 Å². The first-order valence-electron chi connectivity index (χ1n) is 6.02. The highest BCUT2D eigenvalue weighted by molar-refractivity contribution is 9.10. The Morgan fingerprint density at radius 1 is 1.45 bits per heavy atom. The van der Waals surface area contributed by atoms with Crippen LogP contribution in [0.4, 0.5) is 0 Å². The Morgan fingerprint density at radius 3 is 2.75 bits per heavy atom. The number of nitrogens with zero attached hydrogens (tertiary/aromatic N) is 1. The summed E-state index contributed by atoms with van der Waals surface area (Å²) in [4.78, 5) is 0.251. The summed E-state index contributed by atoms with van der Waals surface area (Å²) in [5.74, 6) is 0.532. The van der Waals surface area contributed by atoms with Crippen molar-refractivity contribution < 1.29 is 13.2 Å². The van der Waals surface area contributed by atoms with Gasteiger partial charge in [0.05, 0.1) is 7.11 Å². The van der Waals surface area contributed by atoms with Crippen LogP contribution in [0.3, 0.4) is 0 Å². The molecule has 0 saturated carbocycles. The van der Waals surface area contributed by atoms with Gasteiger partial charge in [0.25, 0.3) is 0 Å². The van der Waals surface area contributed by atoms with Crippen LogP contribution in [-0.4, -0.2) is 45.5 Å². The maximum Gasteiger partial charge on any atom is 0.244 e. The molecule has 1 aliphatic rings. The molecule has 114 valence electrons. The molecule has 1 aromatic rings. The molecule has 1 aromatic carbocycles. The number of methoxy groups -OCH3 is 1. The third kappa shape index (κ3) is 3.65. The number of halogens is 2. The van der Waals surface area contributed by atoms with Crippen LogP contribution in [0.5, 0.6) is 5.75 Å². The van der Waals surface area contributed by atoms with E-state index in [0.29, 0.717) is 29.9 Å². The molecule has 0 aromatic heterocycles. The second-order valence-electron chi connectivity index (χ2n) is 4.51. The Labute approximate surface area is 134 Å². The Balaban J connectivity index is 0.00000200.